The fourth-order valence-corrected chi connectivity index (χ4v) is 1.44. The molecule has 0 aromatic carbocycles. The normalized spacial score (nSPS) is 18.3. The van der Waals surface area contributed by atoms with Crippen LogP contribution in [0.5, 0.6) is 0 Å². The van der Waals surface area contributed by atoms with Gasteiger partial charge in [0.1, 0.15) is 0 Å². The zero-order valence-corrected chi connectivity index (χ0v) is 7.29. The summed E-state index contributed by atoms with van der Waals surface area (Å²) in [5.41, 5.74) is 5.29. The number of likely N-dealkylation sites (tertiary alicyclic amines) is 1. The maximum absolute atomic E-state index is 10.3. The Morgan fingerprint density at radius 3 is 2.46 bits per heavy atom. The Morgan fingerprint density at radius 2 is 2.08 bits per heavy atom. The fraction of sp³-hybridized carbons (Fsp3) is 0.714. The molecule has 74 valence electrons. The van der Waals surface area contributed by atoms with Crippen LogP contribution < -0.4 is 11.1 Å². The van der Waals surface area contributed by atoms with Crippen molar-refractivity contribution in [3.63, 3.8) is 0 Å². The first-order valence-electron chi connectivity index (χ1n) is 4.18. The van der Waals surface area contributed by atoms with Crippen LogP contribution in [0, 0.1) is 5.41 Å². The van der Waals surface area contributed by atoms with Gasteiger partial charge in [-0.15, -0.1) is 0 Å². The van der Waals surface area contributed by atoms with Gasteiger partial charge in [0.05, 0.1) is 0 Å². The molecule has 6 heteroatoms. The molecule has 6 nitrogen and oxygen atoms in total. The van der Waals surface area contributed by atoms with Crippen LogP contribution in [0.3, 0.4) is 0 Å². The molecule has 0 radical (unpaired) electrons. The number of nitrogens with two attached hydrogens (primary N) is 1. The number of carbonyl (C=O) groups is 1. The highest BCUT2D eigenvalue weighted by atomic mass is 16.4. The summed E-state index contributed by atoms with van der Waals surface area (Å²) >= 11 is 0. The summed E-state index contributed by atoms with van der Waals surface area (Å²) in [5.74, 6) is 0.0637. The number of rotatable bonds is 1. The van der Waals surface area contributed by atoms with E-state index in [1.165, 1.54) is 0 Å². The van der Waals surface area contributed by atoms with Crippen molar-refractivity contribution in [2.45, 2.75) is 18.9 Å². The maximum Gasteiger partial charge on any atom is 0.404 e. The molecule has 0 spiro atoms. The standard InChI is InChI=1S/C7H14N4O2/c8-6(9)11-3-1-5(2-4-11)10-7(12)13/h5,10H,1-4H2,(H3,8,9)(H,12,13). The van der Waals surface area contributed by atoms with Gasteiger partial charge >= 0.3 is 6.09 Å². The van der Waals surface area contributed by atoms with Crippen LogP contribution in [0.15, 0.2) is 0 Å². The molecular weight excluding hydrogens is 172 g/mol. The second-order valence-electron chi connectivity index (χ2n) is 3.10. The van der Waals surface area contributed by atoms with E-state index in [2.05, 4.69) is 5.32 Å². The zero-order chi connectivity index (χ0) is 9.84. The molecule has 0 aromatic rings. The molecule has 1 aliphatic heterocycles. The number of amides is 1. The number of nitrogens with zero attached hydrogens (tertiary/aromatic N) is 1. The van der Waals surface area contributed by atoms with Crippen molar-refractivity contribution in [1.82, 2.24) is 10.2 Å². The van der Waals surface area contributed by atoms with Crippen molar-refractivity contribution in [3.05, 3.63) is 0 Å². The highest BCUT2D eigenvalue weighted by Crippen LogP contribution is 2.09. The van der Waals surface area contributed by atoms with E-state index in [9.17, 15) is 4.79 Å². The molecule has 0 aromatic heterocycles. The van der Waals surface area contributed by atoms with Gasteiger partial charge < -0.3 is 21.1 Å². The van der Waals surface area contributed by atoms with Crippen LogP contribution >= 0.6 is 0 Å². The average Bonchev–Trinajstić information content (AvgIpc) is 2.04. The Morgan fingerprint density at radius 1 is 1.54 bits per heavy atom. The molecular formula is C7H14N4O2. The number of hydrogen-bond acceptors (Lipinski definition) is 2. The van der Waals surface area contributed by atoms with E-state index < -0.39 is 6.09 Å². The van der Waals surface area contributed by atoms with Gasteiger partial charge in [0, 0.05) is 19.1 Å². The first-order chi connectivity index (χ1) is 6.09. The quantitative estimate of drug-likeness (QED) is 0.331. The maximum atomic E-state index is 10.3. The minimum absolute atomic E-state index is 0.00750. The van der Waals surface area contributed by atoms with E-state index >= 15 is 0 Å². The highest BCUT2D eigenvalue weighted by Gasteiger charge is 2.20. The summed E-state index contributed by atoms with van der Waals surface area (Å²) in [6, 6.07) is 0.00750. The molecule has 0 bridgehead atoms. The third kappa shape index (κ3) is 2.81. The minimum atomic E-state index is -0.985. The second-order valence-corrected chi connectivity index (χ2v) is 3.10. The fourth-order valence-electron chi connectivity index (χ4n) is 1.44. The molecule has 0 aliphatic carbocycles. The third-order valence-corrected chi connectivity index (χ3v) is 2.16. The molecule has 1 saturated heterocycles. The average molecular weight is 186 g/mol. The van der Waals surface area contributed by atoms with Crippen LogP contribution in [0.25, 0.3) is 0 Å². The smallest absolute Gasteiger partial charge is 0.404 e. The first kappa shape index (κ1) is 9.63. The van der Waals surface area contributed by atoms with Gasteiger partial charge in [-0.05, 0) is 12.8 Å². The summed E-state index contributed by atoms with van der Waals surface area (Å²) in [6.07, 6.45) is 0.443. The van der Waals surface area contributed by atoms with Crippen molar-refractivity contribution < 1.29 is 9.90 Å². The number of hydrogen-bond donors (Lipinski definition) is 4. The first-order valence-corrected chi connectivity index (χ1v) is 4.18. The molecule has 0 saturated carbocycles. The van der Waals surface area contributed by atoms with Gasteiger partial charge in [-0.2, -0.15) is 0 Å². The van der Waals surface area contributed by atoms with Gasteiger partial charge in [-0.25, -0.2) is 4.79 Å². The number of guanidine groups is 1. The van der Waals surface area contributed by atoms with Gasteiger partial charge in [0.25, 0.3) is 0 Å². The van der Waals surface area contributed by atoms with E-state index in [0.717, 1.165) is 0 Å². The summed E-state index contributed by atoms with van der Waals surface area (Å²) < 4.78 is 0. The van der Waals surface area contributed by atoms with Gasteiger partial charge in [-0.1, -0.05) is 0 Å². The number of nitrogens with one attached hydrogen (secondary N) is 2. The molecule has 1 heterocycles. The van der Waals surface area contributed by atoms with Gasteiger partial charge in [0.2, 0.25) is 0 Å². The highest BCUT2D eigenvalue weighted by molar-refractivity contribution is 5.74. The Labute approximate surface area is 76.2 Å². The van der Waals surface area contributed by atoms with Crippen LogP contribution in [-0.2, 0) is 0 Å². The zero-order valence-electron chi connectivity index (χ0n) is 7.29. The van der Waals surface area contributed by atoms with Gasteiger partial charge in [0.15, 0.2) is 5.96 Å². The van der Waals surface area contributed by atoms with E-state index in [0.29, 0.717) is 25.9 Å². The van der Waals surface area contributed by atoms with Crippen LogP contribution in [0.4, 0.5) is 4.79 Å². The monoisotopic (exact) mass is 186 g/mol. The Bertz CT molecular complexity index is 211. The number of carboxylic acid groups (broad SMARTS) is 1. The summed E-state index contributed by atoms with van der Waals surface area (Å²) in [4.78, 5) is 12.0. The van der Waals surface area contributed by atoms with Crippen molar-refractivity contribution in [3.8, 4) is 0 Å². The van der Waals surface area contributed by atoms with Crippen LogP contribution in [0.1, 0.15) is 12.8 Å². The molecule has 1 aliphatic rings. The number of piperidine rings is 1. The lowest BCUT2D eigenvalue weighted by atomic mass is 10.1. The third-order valence-electron chi connectivity index (χ3n) is 2.16. The molecule has 0 atom stereocenters. The van der Waals surface area contributed by atoms with E-state index in [-0.39, 0.29) is 12.0 Å². The van der Waals surface area contributed by atoms with Crippen LogP contribution in [0.2, 0.25) is 0 Å². The largest absolute Gasteiger partial charge is 0.465 e. The van der Waals surface area contributed by atoms with E-state index in [4.69, 9.17) is 16.2 Å². The second kappa shape index (κ2) is 3.97. The lowest BCUT2D eigenvalue weighted by Gasteiger charge is -2.31. The Hall–Kier alpha value is -1.46. The topological polar surface area (TPSA) is 102 Å². The Kier molecular flexibility index (Phi) is 2.94. The van der Waals surface area contributed by atoms with Gasteiger partial charge in [-0.3, -0.25) is 5.41 Å². The molecule has 1 rings (SSSR count). The van der Waals surface area contributed by atoms with Crippen LogP contribution in [-0.4, -0.2) is 41.2 Å². The molecule has 0 unspecified atom stereocenters. The van der Waals surface area contributed by atoms with Crippen molar-refractivity contribution in [1.29, 1.82) is 5.41 Å². The minimum Gasteiger partial charge on any atom is -0.465 e. The van der Waals surface area contributed by atoms with Crippen molar-refractivity contribution in [2.75, 3.05) is 13.1 Å². The summed E-state index contributed by atoms with van der Waals surface area (Å²) in [7, 11) is 0. The Balaban J connectivity index is 2.30. The van der Waals surface area contributed by atoms with Crippen molar-refractivity contribution in [2.24, 2.45) is 5.73 Å². The lowest BCUT2D eigenvalue weighted by Crippen LogP contribution is -2.48. The molecule has 1 amide bonds. The molecule has 1 fully saturated rings. The van der Waals surface area contributed by atoms with E-state index in [1.807, 2.05) is 0 Å². The lowest BCUT2D eigenvalue weighted by molar-refractivity contribution is 0.182. The van der Waals surface area contributed by atoms with Crippen molar-refractivity contribution >= 4 is 12.1 Å². The van der Waals surface area contributed by atoms with E-state index in [1.54, 1.807) is 4.90 Å². The predicted molar refractivity (Wildman–Crippen MR) is 47.7 cm³/mol. The predicted octanol–water partition coefficient (Wildman–Crippen LogP) is -0.388. The molecule has 13 heavy (non-hydrogen) atoms. The molecule has 5 N–H and O–H groups in total. The SMILES string of the molecule is N=C(N)N1CCC(NC(=O)O)CC1. The summed E-state index contributed by atoms with van der Waals surface area (Å²) in [6.45, 7) is 1.31. The summed E-state index contributed by atoms with van der Waals surface area (Å²) in [5, 5.41) is 18.0.